The first-order valence-corrected chi connectivity index (χ1v) is 14.9. The van der Waals surface area contributed by atoms with Gasteiger partial charge >= 0.3 is 0 Å². The molecule has 45 heavy (non-hydrogen) atoms. The van der Waals surface area contributed by atoms with Crippen molar-refractivity contribution >= 4 is 43.5 Å². The van der Waals surface area contributed by atoms with E-state index in [-0.39, 0.29) is 0 Å². The van der Waals surface area contributed by atoms with E-state index >= 15 is 0 Å². The van der Waals surface area contributed by atoms with Crippen molar-refractivity contribution < 1.29 is 4.42 Å². The Morgan fingerprint density at radius 1 is 0.422 bits per heavy atom. The molecule has 0 spiro atoms. The number of nitrogens with zero attached hydrogens (tertiary/aromatic N) is 4. The molecule has 0 atom stereocenters. The number of fused-ring (bicyclic) bond motifs is 6. The second kappa shape index (κ2) is 10.2. The summed E-state index contributed by atoms with van der Waals surface area (Å²) in [5.74, 6) is 1.82. The lowest BCUT2D eigenvalue weighted by Gasteiger charge is -2.12. The Bertz CT molecular complexity index is 2540. The quantitative estimate of drug-likeness (QED) is 0.209. The zero-order valence-electron chi connectivity index (χ0n) is 24.1. The minimum absolute atomic E-state index is 0.590. The third-order valence-electron chi connectivity index (χ3n) is 8.42. The first kappa shape index (κ1) is 25.3. The van der Waals surface area contributed by atoms with Gasteiger partial charge in [0.2, 0.25) is 0 Å². The van der Waals surface area contributed by atoms with Crippen LogP contribution in [0.15, 0.2) is 150 Å². The van der Waals surface area contributed by atoms with Gasteiger partial charge in [-0.25, -0.2) is 15.0 Å². The SMILES string of the molecule is c1ccc(-c2ccc(-c3nc(-c4ccc5ccccc5c4)nc(-c4cc5oc6cnccc6c5c5ccccc45)n3)cc2)cc1. The number of pyridine rings is 1. The predicted molar refractivity (Wildman–Crippen MR) is 182 cm³/mol. The highest BCUT2D eigenvalue weighted by Gasteiger charge is 2.19. The summed E-state index contributed by atoms with van der Waals surface area (Å²) in [6.45, 7) is 0. The van der Waals surface area contributed by atoms with Crippen molar-refractivity contribution in [3.05, 3.63) is 146 Å². The van der Waals surface area contributed by atoms with E-state index in [4.69, 9.17) is 19.4 Å². The van der Waals surface area contributed by atoms with Crippen molar-refractivity contribution in [2.75, 3.05) is 0 Å². The molecule has 0 radical (unpaired) electrons. The Balaban J connectivity index is 1.28. The van der Waals surface area contributed by atoms with Crippen LogP contribution in [0.5, 0.6) is 0 Å². The summed E-state index contributed by atoms with van der Waals surface area (Å²) in [5.41, 5.74) is 6.56. The molecule has 0 aliphatic heterocycles. The van der Waals surface area contributed by atoms with Crippen LogP contribution in [0.25, 0.3) is 88.8 Å². The molecule has 0 saturated heterocycles. The minimum Gasteiger partial charge on any atom is -0.454 e. The second-order valence-corrected chi connectivity index (χ2v) is 11.1. The van der Waals surface area contributed by atoms with E-state index in [1.54, 1.807) is 12.4 Å². The molecule has 0 N–H and O–H groups in total. The van der Waals surface area contributed by atoms with Crippen molar-refractivity contribution in [1.29, 1.82) is 0 Å². The standard InChI is InChI=1S/C40H24N4O/c1-2-8-25(9-3-1)27-14-17-28(18-15-27)38-42-39(30-19-16-26-10-4-5-11-29(26)22-30)44-40(43-38)34-23-35-37(32-13-7-6-12-31(32)34)33-20-21-41-24-36(33)45-35/h1-24H. The van der Waals surface area contributed by atoms with E-state index in [9.17, 15) is 0 Å². The molecule has 0 bridgehead atoms. The number of aromatic nitrogens is 4. The van der Waals surface area contributed by atoms with E-state index in [0.29, 0.717) is 17.5 Å². The Labute approximate surface area is 258 Å². The van der Waals surface area contributed by atoms with Gasteiger partial charge in [-0.15, -0.1) is 0 Å². The number of hydrogen-bond donors (Lipinski definition) is 0. The van der Waals surface area contributed by atoms with Gasteiger partial charge in [0.15, 0.2) is 23.1 Å². The number of rotatable bonds is 4. The highest BCUT2D eigenvalue weighted by Crippen LogP contribution is 2.39. The molecule has 0 saturated carbocycles. The van der Waals surface area contributed by atoms with Gasteiger partial charge in [0.1, 0.15) is 5.58 Å². The maximum Gasteiger partial charge on any atom is 0.164 e. The van der Waals surface area contributed by atoms with Crippen LogP contribution in [0.1, 0.15) is 0 Å². The zero-order valence-corrected chi connectivity index (χ0v) is 24.1. The zero-order chi connectivity index (χ0) is 29.7. The van der Waals surface area contributed by atoms with Crippen molar-refractivity contribution in [3.8, 4) is 45.3 Å². The molecular formula is C40H24N4O. The molecule has 9 rings (SSSR count). The van der Waals surface area contributed by atoms with Gasteiger partial charge in [-0.2, -0.15) is 0 Å². The summed E-state index contributed by atoms with van der Waals surface area (Å²) < 4.78 is 6.32. The summed E-state index contributed by atoms with van der Waals surface area (Å²) in [6.07, 6.45) is 3.57. The van der Waals surface area contributed by atoms with Gasteiger partial charge in [0, 0.05) is 33.7 Å². The number of benzene rings is 6. The molecule has 0 fully saturated rings. The Hall–Kier alpha value is -6.20. The summed E-state index contributed by atoms with van der Waals surface area (Å²) in [6, 6.07) is 45.9. The van der Waals surface area contributed by atoms with Crippen molar-refractivity contribution in [2.45, 2.75) is 0 Å². The van der Waals surface area contributed by atoms with Crippen LogP contribution in [-0.4, -0.2) is 19.9 Å². The van der Waals surface area contributed by atoms with Crippen LogP contribution >= 0.6 is 0 Å². The van der Waals surface area contributed by atoms with Crippen LogP contribution in [-0.2, 0) is 0 Å². The topological polar surface area (TPSA) is 64.7 Å². The summed E-state index contributed by atoms with van der Waals surface area (Å²) in [5, 5.41) is 6.53. The van der Waals surface area contributed by atoms with Gasteiger partial charge in [0.05, 0.1) is 6.20 Å². The molecule has 0 aliphatic rings. The van der Waals surface area contributed by atoms with Crippen molar-refractivity contribution in [3.63, 3.8) is 0 Å². The Morgan fingerprint density at radius 3 is 1.91 bits per heavy atom. The minimum atomic E-state index is 0.590. The highest BCUT2D eigenvalue weighted by atomic mass is 16.3. The molecule has 3 heterocycles. The van der Waals surface area contributed by atoms with Crippen LogP contribution in [0.4, 0.5) is 0 Å². The molecular weight excluding hydrogens is 552 g/mol. The van der Waals surface area contributed by atoms with E-state index in [2.05, 4.69) is 126 Å². The van der Waals surface area contributed by atoms with E-state index in [1.165, 1.54) is 5.39 Å². The van der Waals surface area contributed by atoms with E-state index in [0.717, 1.165) is 65.9 Å². The maximum atomic E-state index is 6.32. The average Bonchev–Trinajstić information content (AvgIpc) is 3.50. The van der Waals surface area contributed by atoms with Crippen LogP contribution in [0, 0.1) is 0 Å². The normalized spacial score (nSPS) is 11.6. The molecule has 5 heteroatoms. The molecule has 3 aromatic heterocycles. The maximum absolute atomic E-state index is 6.32. The molecule has 210 valence electrons. The molecule has 5 nitrogen and oxygen atoms in total. The monoisotopic (exact) mass is 576 g/mol. The van der Waals surface area contributed by atoms with Crippen molar-refractivity contribution in [2.24, 2.45) is 0 Å². The van der Waals surface area contributed by atoms with Gasteiger partial charge < -0.3 is 4.42 Å². The highest BCUT2D eigenvalue weighted by molar-refractivity contribution is 6.21. The first-order valence-electron chi connectivity index (χ1n) is 14.9. The van der Waals surface area contributed by atoms with Crippen molar-refractivity contribution in [1.82, 2.24) is 19.9 Å². The lowest BCUT2D eigenvalue weighted by molar-refractivity contribution is 0.667. The van der Waals surface area contributed by atoms with E-state index in [1.807, 2.05) is 12.1 Å². The lowest BCUT2D eigenvalue weighted by atomic mass is 9.99. The fourth-order valence-corrected chi connectivity index (χ4v) is 6.20. The molecule has 0 unspecified atom stereocenters. The smallest absolute Gasteiger partial charge is 0.164 e. The Kier molecular flexibility index (Phi) is 5.74. The van der Waals surface area contributed by atoms with Gasteiger partial charge in [-0.1, -0.05) is 115 Å². The van der Waals surface area contributed by atoms with Gasteiger partial charge in [0.25, 0.3) is 0 Å². The van der Waals surface area contributed by atoms with Gasteiger partial charge in [-0.3, -0.25) is 4.98 Å². The molecule has 9 aromatic rings. The van der Waals surface area contributed by atoms with Gasteiger partial charge in [-0.05, 0) is 50.9 Å². The molecule has 0 amide bonds. The second-order valence-electron chi connectivity index (χ2n) is 11.1. The third-order valence-corrected chi connectivity index (χ3v) is 8.42. The summed E-state index contributed by atoms with van der Waals surface area (Å²) in [4.78, 5) is 19.5. The number of hydrogen-bond acceptors (Lipinski definition) is 5. The summed E-state index contributed by atoms with van der Waals surface area (Å²) >= 11 is 0. The first-order chi connectivity index (χ1) is 22.3. The average molecular weight is 577 g/mol. The molecule has 0 aliphatic carbocycles. The van der Waals surface area contributed by atoms with E-state index < -0.39 is 0 Å². The lowest BCUT2D eigenvalue weighted by Crippen LogP contribution is -2.00. The van der Waals surface area contributed by atoms with Crippen LogP contribution < -0.4 is 0 Å². The van der Waals surface area contributed by atoms with Crippen LogP contribution in [0.3, 0.4) is 0 Å². The molecule has 6 aromatic carbocycles. The Morgan fingerprint density at radius 2 is 1.07 bits per heavy atom. The largest absolute Gasteiger partial charge is 0.454 e. The van der Waals surface area contributed by atoms with Crippen LogP contribution in [0.2, 0.25) is 0 Å². The predicted octanol–water partition coefficient (Wildman–Crippen LogP) is 10.1. The fraction of sp³-hybridized carbons (Fsp3) is 0. The summed E-state index contributed by atoms with van der Waals surface area (Å²) in [7, 11) is 0. The number of furan rings is 1. The fourth-order valence-electron chi connectivity index (χ4n) is 6.20. The third kappa shape index (κ3) is 4.33.